The first kappa shape index (κ1) is 11.6. The van der Waals surface area contributed by atoms with Gasteiger partial charge in [-0.15, -0.1) is 0 Å². The molecule has 0 aromatic carbocycles. The van der Waals surface area contributed by atoms with Crippen molar-refractivity contribution in [2.45, 2.75) is 37.1 Å². The maximum absolute atomic E-state index is 11.3. The molecule has 2 aliphatic heterocycles. The fraction of sp³-hybridized carbons (Fsp3) is 0.800. The predicted molar refractivity (Wildman–Crippen MR) is 63.4 cm³/mol. The summed E-state index contributed by atoms with van der Waals surface area (Å²) in [6.45, 7) is 2.60. The van der Waals surface area contributed by atoms with Crippen LogP contribution in [0.25, 0.3) is 0 Å². The monoisotopic (exact) mass is 243 g/mol. The maximum Gasteiger partial charge on any atom is 0.315 e. The van der Waals surface area contributed by atoms with Crippen molar-refractivity contribution < 1.29 is 9.59 Å². The van der Waals surface area contributed by atoms with Crippen LogP contribution in [0.15, 0.2) is 0 Å². The molecule has 3 amide bonds. The molecule has 0 radical (unpaired) electrons. The summed E-state index contributed by atoms with van der Waals surface area (Å²) in [5.74, 6) is 1.05. The summed E-state index contributed by atoms with van der Waals surface area (Å²) >= 11 is 1.84. The van der Waals surface area contributed by atoms with Crippen LogP contribution in [0.3, 0.4) is 0 Å². The van der Waals surface area contributed by atoms with E-state index in [1.807, 2.05) is 18.7 Å². The molecule has 3 atom stereocenters. The zero-order valence-corrected chi connectivity index (χ0v) is 10.1. The van der Waals surface area contributed by atoms with E-state index in [0.717, 1.165) is 12.2 Å². The van der Waals surface area contributed by atoms with Gasteiger partial charge in [0.15, 0.2) is 0 Å². The van der Waals surface area contributed by atoms with Crippen molar-refractivity contribution in [3.05, 3.63) is 0 Å². The molecule has 0 aromatic rings. The Morgan fingerprint density at radius 3 is 3.12 bits per heavy atom. The SMILES string of the molecule is CCNC(=O)CCC1SCC2NC(=O)NC21. The average Bonchev–Trinajstić information content (AvgIpc) is 2.75. The second kappa shape index (κ2) is 4.95. The minimum absolute atomic E-state index is 0.0710. The molecular weight excluding hydrogens is 226 g/mol. The molecule has 3 unspecified atom stereocenters. The molecule has 6 heteroatoms. The lowest BCUT2D eigenvalue weighted by atomic mass is 10.0. The van der Waals surface area contributed by atoms with Gasteiger partial charge in [0.25, 0.3) is 0 Å². The Hall–Kier alpha value is -0.910. The highest BCUT2D eigenvalue weighted by Gasteiger charge is 2.42. The van der Waals surface area contributed by atoms with E-state index in [1.54, 1.807) is 0 Å². The molecule has 2 aliphatic rings. The molecule has 0 bridgehead atoms. The Labute approximate surface area is 99.1 Å². The van der Waals surface area contributed by atoms with Crippen molar-refractivity contribution in [1.29, 1.82) is 0 Å². The number of urea groups is 1. The third-order valence-corrected chi connectivity index (χ3v) is 4.48. The van der Waals surface area contributed by atoms with Crippen LogP contribution < -0.4 is 16.0 Å². The van der Waals surface area contributed by atoms with Gasteiger partial charge in [-0.25, -0.2) is 4.79 Å². The van der Waals surface area contributed by atoms with E-state index in [1.165, 1.54) is 0 Å². The third-order valence-electron chi connectivity index (χ3n) is 2.97. The van der Waals surface area contributed by atoms with E-state index in [0.29, 0.717) is 18.2 Å². The quantitative estimate of drug-likeness (QED) is 0.612. The molecule has 2 rings (SSSR count). The van der Waals surface area contributed by atoms with Gasteiger partial charge in [-0.1, -0.05) is 0 Å². The topological polar surface area (TPSA) is 70.2 Å². The molecule has 0 saturated carbocycles. The highest BCUT2D eigenvalue weighted by atomic mass is 32.2. The normalized spacial score (nSPS) is 31.8. The minimum atomic E-state index is -0.0710. The molecule has 90 valence electrons. The molecule has 16 heavy (non-hydrogen) atoms. The average molecular weight is 243 g/mol. The zero-order chi connectivity index (χ0) is 11.5. The van der Waals surface area contributed by atoms with Crippen LogP contribution >= 0.6 is 11.8 Å². The summed E-state index contributed by atoms with van der Waals surface area (Å²) in [6, 6.07) is 0.377. The highest BCUT2D eigenvalue weighted by molar-refractivity contribution is 8.00. The van der Waals surface area contributed by atoms with E-state index in [9.17, 15) is 9.59 Å². The van der Waals surface area contributed by atoms with Gasteiger partial charge in [-0.3, -0.25) is 4.79 Å². The first-order valence-electron chi connectivity index (χ1n) is 5.66. The number of thioether (sulfide) groups is 1. The van der Waals surface area contributed by atoms with Gasteiger partial charge in [-0.2, -0.15) is 11.8 Å². The maximum atomic E-state index is 11.3. The van der Waals surface area contributed by atoms with Gasteiger partial charge in [-0.05, 0) is 13.3 Å². The smallest absolute Gasteiger partial charge is 0.315 e. The van der Waals surface area contributed by atoms with Gasteiger partial charge in [0, 0.05) is 24.0 Å². The van der Waals surface area contributed by atoms with Gasteiger partial charge in [0.1, 0.15) is 0 Å². The number of fused-ring (bicyclic) bond motifs is 1. The Kier molecular flexibility index (Phi) is 3.58. The summed E-state index contributed by atoms with van der Waals surface area (Å²) in [5.41, 5.74) is 0. The molecule has 0 aliphatic carbocycles. The van der Waals surface area contributed by atoms with Crippen molar-refractivity contribution in [1.82, 2.24) is 16.0 Å². The highest BCUT2D eigenvalue weighted by Crippen LogP contribution is 2.32. The van der Waals surface area contributed by atoms with Crippen molar-refractivity contribution in [2.24, 2.45) is 0 Å². The fourth-order valence-corrected chi connectivity index (χ4v) is 3.70. The van der Waals surface area contributed by atoms with Crippen molar-refractivity contribution in [2.75, 3.05) is 12.3 Å². The van der Waals surface area contributed by atoms with Gasteiger partial charge in [0.05, 0.1) is 12.1 Å². The van der Waals surface area contributed by atoms with E-state index >= 15 is 0 Å². The number of carbonyl (C=O) groups excluding carboxylic acids is 2. The predicted octanol–water partition coefficient (Wildman–Crippen LogP) is 0.0681. The Morgan fingerprint density at radius 2 is 2.38 bits per heavy atom. The van der Waals surface area contributed by atoms with Crippen LogP contribution in [0.4, 0.5) is 4.79 Å². The second-order valence-corrected chi connectivity index (χ2v) is 5.39. The number of rotatable bonds is 4. The van der Waals surface area contributed by atoms with Gasteiger partial charge >= 0.3 is 6.03 Å². The first-order chi connectivity index (χ1) is 7.70. The van der Waals surface area contributed by atoms with Crippen LogP contribution in [0, 0.1) is 0 Å². The minimum Gasteiger partial charge on any atom is -0.356 e. The lowest BCUT2D eigenvalue weighted by Crippen LogP contribution is -2.37. The van der Waals surface area contributed by atoms with Crippen LogP contribution in [0.5, 0.6) is 0 Å². The molecule has 3 N–H and O–H groups in total. The van der Waals surface area contributed by atoms with Crippen molar-refractivity contribution >= 4 is 23.7 Å². The second-order valence-electron chi connectivity index (χ2n) is 4.11. The van der Waals surface area contributed by atoms with Crippen molar-refractivity contribution in [3.8, 4) is 0 Å². The Morgan fingerprint density at radius 1 is 1.56 bits per heavy atom. The lowest BCUT2D eigenvalue weighted by Gasteiger charge is -2.16. The number of carbonyl (C=O) groups is 2. The van der Waals surface area contributed by atoms with Gasteiger partial charge in [0.2, 0.25) is 5.91 Å². The molecule has 2 saturated heterocycles. The van der Waals surface area contributed by atoms with Crippen LogP contribution in [-0.2, 0) is 4.79 Å². The first-order valence-corrected chi connectivity index (χ1v) is 6.71. The molecule has 2 heterocycles. The summed E-state index contributed by atoms with van der Waals surface area (Å²) in [5, 5.41) is 8.96. The largest absolute Gasteiger partial charge is 0.356 e. The lowest BCUT2D eigenvalue weighted by molar-refractivity contribution is -0.121. The van der Waals surface area contributed by atoms with Crippen molar-refractivity contribution in [3.63, 3.8) is 0 Å². The summed E-state index contributed by atoms with van der Waals surface area (Å²) in [7, 11) is 0. The number of hydrogen-bond acceptors (Lipinski definition) is 3. The summed E-state index contributed by atoms with van der Waals surface area (Å²) < 4.78 is 0. The zero-order valence-electron chi connectivity index (χ0n) is 9.29. The summed E-state index contributed by atoms with van der Waals surface area (Å²) in [4.78, 5) is 22.5. The van der Waals surface area contributed by atoms with E-state index in [4.69, 9.17) is 0 Å². The molecular formula is C10H17N3O2S. The van der Waals surface area contributed by atoms with E-state index < -0.39 is 0 Å². The molecule has 0 aromatic heterocycles. The number of hydrogen-bond donors (Lipinski definition) is 3. The molecule has 2 fully saturated rings. The standard InChI is InChI=1S/C10H17N3O2S/c1-2-11-8(14)4-3-7-9-6(5-16-7)12-10(15)13-9/h6-7,9H,2-5H2,1H3,(H,11,14)(H2,12,13,15). The van der Waals surface area contributed by atoms with Crippen LogP contribution in [0.1, 0.15) is 19.8 Å². The van der Waals surface area contributed by atoms with E-state index in [-0.39, 0.29) is 24.0 Å². The Bertz CT molecular complexity index is 298. The number of nitrogens with one attached hydrogen (secondary N) is 3. The number of amides is 3. The van der Waals surface area contributed by atoms with Gasteiger partial charge < -0.3 is 16.0 Å². The third kappa shape index (κ3) is 2.42. The molecule has 0 spiro atoms. The van der Waals surface area contributed by atoms with E-state index in [2.05, 4.69) is 16.0 Å². The molecule has 5 nitrogen and oxygen atoms in total. The van der Waals surface area contributed by atoms with Crippen LogP contribution in [0.2, 0.25) is 0 Å². The fourth-order valence-electron chi connectivity index (χ4n) is 2.20. The Balaban J connectivity index is 1.78. The summed E-state index contributed by atoms with van der Waals surface area (Å²) in [6.07, 6.45) is 1.38. The van der Waals surface area contributed by atoms with Crippen LogP contribution in [-0.4, -0.2) is 41.6 Å².